The predicted octanol–water partition coefficient (Wildman–Crippen LogP) is 1.08. The Morgan fingerprint density at radius 2 is 2.00 bits per heavy atom. The quantitative estimate of drug-likeness (QED) is 0.875. The van der Waals surface area contributed by atoms with Gasteiger partial charge in [0.15, 0.2) is 5.82 Å². The molecule has 2 N–H and O–H groups in total. The highest BCUT2D eigenvalue weighted by Crippen LogP contribution is 2.16. The van der Waals surface area contributed by atoms with Crippen molar-refractivity contribution in [1.82, 2.24) is 9.55 Å². The Morgan fingerprint density at radius 3 is 2.61 bits per heavy atom. The lowest BCUT2D eigenvalue weighted by Gasteiger charge is -2.11. The first kappa shape index (κ1) is 12.0. The molecule has 0 aliphatic heterocycles. The number of hydrogen-bond acceptors (Lipinski definition) is 4. The van der Waals surface area contributed by atoms with E-state index < -0.39 is 5.56 Å². The van der Waals surface area contributed by atoms with Gasteiger partial charge >= 0.3 is 0 Å². The molecule has 0 bridgehead atoms. The van der Waals surface area contributed by atoms with E-state index in [-0.39, 0.29) is 18.1 Å². The van der Waals surface area contributed by atoms with Crippen molar-refractivity contribution in [3.8, 4) is 11.3 Å². The molecule has 0 fully saturated rings. The lowest BCUT2D eigenvalue weighted by molar-refractivity contribution is -0.117. The van der Waals surface area contributed by atoms with Crippen molar-refractivity contribution >= 4 is 11.6 Å². The maximum atomic E-state index is 11.9. The van der Waals surface area contributed by atoms with Crippen LogP contribution in [-0.4, -0.2) is 15.3 Å². The number of aromatic nitrogens is 2. The molecule has 0 saturated heterocycles. The summed E-state index contributed by atoms with van der Waals surface area (Å²) in [4.78, 5) is 27.0. The molecular formula is C13H13N3O2. The summed E-state index contributed by atoms with van der Waals surface area (Å²) < 4.78 is 1.35. The van der Waals surface area contributed by atoms with Crippen molar-refractivity contribution in [3.63, 3.8) is 0 Å². The fourth-order valence-corrected chi connectivity index (χ4v) is 1.72. The minimum absolute atomic E-state index is 0.00419. The first-order valence-electron chi connectivity index (χ1n) is 5.50. The van der Waals surface area contributed by atoms with E-state index in [2.05, 4.69) is 4.98 Å². The van der Waals surface area contributed by atoms with Gasteiger partial charge in [0.05, 0.1) is 18.4 Å². The van der Waals surface area contributed by atoms with Gasteiger partial charge < -0.3 is 5.73 Å². The second-order valence-electron chi connectivity index (χ2n) is 3.99. The molecule has 0 aliphatic rings. The Bertz CT molecular complexity index is 632. The van der Waals surface area contributed by atoms with Gasteiger partial charge in [-0.05, 0) is 12.5 Å². The zero-order valence-corrected chi connectivity index (χ0v) is 9.96. The maximum absolute atomic E-state index is 11.9. The third kappa shape index (κ3) is 2.29. The first-order chi connectivity index (χ1) is 8.59. The van der Waals surface area contributed by atoms with Gasteiger partial charge in [0.25, 0.3) is 5.56 Å². The van der Waals surface area contributed by atoms with Crippen LogP contribution in [-0.2, 0) is 11.3 Å². The number of ketones is 1. The van der Waals surface area contributed by atoms with E-state index >= 15 is 0 Å². The Labute approximate surface area is 104 Å². The van der Waals surface area contributed by atoms with Crippen LogP contribution < -0.4 is 11.3 Å². The van der Waals surface area contributed by atoms with E-state index in [0.717, 1.165) is 5.56 Å². The molecular weight excluding hydrogens is 230 g/mol. The number of Topliss-reactive ketones (excluding diaryl/α,β-unsaturated/α-hetero) is 1. The van der Waals surface area contributed by atoms with Gasteiger partial charge in [-0.1, -0.05) is 30.3 Å². The van der Waals surface area contributed by atoms with Gasteiger partial charge in [-0.3, -0.25) is 14.2 Å². The van der Waals surface area contributed by atoms with Crippen molar-refractivity contribution in [1.29, 1.82) is 0 Å². The molecule has 2 aromatic rings. The summed E-state index contributed by atoms with van der Waals surface area (Å²) in [6.07, 6.45) is 1.51. The Hall–Kier alpha value is -2.43. The maximum Gasteiger partial charge on any atom is 0.293 e. The Kier molecular flexibility index (Phi) is 3.23. The van der Waals surface area contributed by atoms with E-state index in [4.69, 9.17) is 5.73 Å². The topological polar surface area (TPSA) is 78.0 Å². The number of nitrogens with two attached hydrogens (primary N) is 1. The van der Waals surface area contributed by atoms with Crippen LogP contribution in [0.15, 0.2) is 41.3 Å². The fourth-order valence-electron chi connectivity index (χ4n) is 1.72. The Balaban J connectivity index is 2.64. The van der Waals surface area contributed by atoms with Crippen LogP contribution in [0.5, 0.6) is 0 Å². The zero-order valence-electron chi connectivity index (χ0n) is 9.96. The average molecular weight is 243 g/mol. The zero-order chi connectivity index (χ0) is 13.1. The van der Waals surface area contributed by atoms with Crippen molar-refractivity contribution in [2.75, 3.05) is 5.73 Å². The number of nitrogen functional groups attached to an aromatic ring is 1. The molecule has 1 aromatic carbocycles. The number of anilines is 1. The van der Waals surface area contributed by atoms with Gasteiger partial charge in [0.2, 0.25) is 0 Å². The lowest BCUT2D eigenvalue weighted by Crippen LogP contribution is -2.27. The van der Waals surface area contributed by atoms with E-state index in [1.807, 2.05) is 30.3 Å². The first-order valence-corrected chi connectivity index (χ1v) is 5.50. The second-order valence-corrected chi connectivity index (χ2v) is 3.99. The number of carbonyl (C=O) groups excluding carboxylic acids is 1. The molecule has 5 heteroatoms. The standard InChI is InChI=1S/C13H13N3O2/c1-9(17)8-16-11(7-15-12(14)13(16)18)10-5-3-2-4-6-10/h2-7H,8H2,1H3,(H2,14,15). The molecule has 0 atom stereocenters. The molecule has 5 nitrogen and oxygen atoms in total. The summed E-state index contributed by atoms with van der Waals surface area (Å²) in [6, 6.07) is 9.29. The molecule has 2 rings (SSSR count). The Morgan fingerprint density at radius 1 is 1.33 bits per heavy atom. The van der Waals surface area contributed by atoms with Crippen LogP contribution in [0.1, 0.15) is 6.92 Å². The molecule has 0 amide bonds. The molecule has 0 aliphatic carbocycles. The summed E-state index contributed by atoms with van der Waals surface area (Å²) in [5.41, 5.74) is 6.46. The number of nitrogens with zero attached hydrogens (tertiary/aromatic N) is 2. The number of rotatable bonds is 3. The molecule has 0 unspecified atom stereocenters. The molecule has 0 radical (unpaired) electrons. The highest BCUT2D eigenvalue weighted by atomic mass is 16.1. The van der Waals surface area contributed by atoms with Gasteiger partial charge in [-0.15, -0.1) is 0 Å². The summed E-state index contributed by atoms with van der Waals surface area (Å²) in [5.74, 6) is -0.212. The van der Waals surface area contributed by atoms with Crippen molar-refractivity contribution in [2.45, 2.75) is 13.5 Å². The van der Waals surface area contributed by atoms with E-state index in [9.17, 15) is 9.59 Å². The molecule has 92 valence electrons. The van der Waals surface area contributed by atoms with Crippen LogP contribution in [0.3, 0.4) is 0 Å². The third-order valence-corrected chi connectivity index (χ3v) is 2.53. The van der Waals surface area contributed by atoms with E-state index in [1.54, 1.807) is 0 Å². The minimum Gasteiger partial charge on any atom is -0.379 e. The smallest absolute Gasteiger partial charge is 0.293 e. The van der Waals surface area contributed by atoms with Crippen molar-refractivity contribution < 1.29 is 4.79 Å². The van der Waals surface area contributed by atoms with Crippen molar-refractivity contribution in [2.24, 2.45) is 0 Å². The molecule has 0 saturated carbocycles. The van der Waals surface area contributed by atoms with Gasteiger partial charge in [-0.2, -0.15) is 0 Å². The molecule has 1 heterocycles. The van der Waals surface area contributed by atoms with Crippen LogP contribution in [0.4, 0.5) is 5.82 Å². The number of hydrogen-bond donors (Lipinski definition) is 1. The predicted molar refractivity (Wildman–Crippen MR) is 69.0 cm³/mol. The summed E-state index contributed by atoms with van der Waals surface area (Å²) in [6.45, 7) is 1.42. The third-order valence-electron chi connectivity index (χ3n) is 2.53. The highest BCUT2D eigenvalue weighted by Gasteiger charge is 2.11. The van der Waals surface area contributed by atoms with Gasteiger partial charge in [0.1, 0.15) is 5.78 Å². The average Bonchev–Trinajstić information content (AvgIpc) is 2.36. The van der Waals surface area contributed by atoms with Gasteiger partial charge in [-0.25, -0.2) is 4.98 Å². The summed E-state index contributed by atoms with van der Waals surface area (Å²) in [5, 5.41) is 0. The molecule has 18 heavy (non-hydrogen) atoms. The number of carbonyl (C=O) groups is 1. The highest BCUT2D eigenvalue weighted by molar-refractivity contribution is 5.76. The van der Waals surface area contributed by atoms with Crippen LogP contribution >= 0.6 is 0 Å². The monoisotopic (exact) mass is 243 g/mol. The van der Waals surface area contributed by atoms with Crippen LogP contribution in [0.2, 0.25) is 0 Å². The lowest BCUT2D eigenvalue weighted by atomic mass is 10.1. The number of benzene rings is 1. The van der Waals surface area contributed by atoms with Crippen molar-refractivity contribution in [3.05, 3.63) is 46.9 Å². The summed E-state index contributed by atoms with van der Waals surface area (Å²) in [7, 11) is 0. The van der Waals surface area contributed by atoms with Gasteiger partial charge in [0, 0.05) is 0 Å². The summed E-state index contributed by atoms with van der Waals surface area (Å²) >= 11 is 0. The second kappa shape index (κ2) is 4.83. The van der Waals surface area contributed by atoms with E-state index in [0.29, 0.717) is 5.69 Å². The minimum atomic E-state index is -0.438. The van der Waals surface area contributed by atoms with Crippen LogP contribution in [0, 0.1) is 0 Å². The SMILES string of the molecule is CC(=O)Cn1c(-c2ccccc2)cnc(N)c1=O. The van der Waals surface area contributed by atoms with Crippen LogP contribution in [0.25, 0.3) is 11.3 Å². The molecule has 1 aromatic heterocycles. The van der Waals surface area contributed by atoms with E-state index in [1.165, 1.54) is 17.7 Å². The normalized spacial score (nSPS) is 10.3. The molecule has 0 spiro atoms. The fraction of sp³-hybridized carbons (Fsp3) is 0.154. The largest absolute Gasteiger partial charge is 0.379 e.